The number of carbonyl (C=O) groups is 6. The normalized spacial score (nSPS) is 14.2. The highest BCUT2D eigenvalue weighted by atomic mass is 16.2. The molecular weight excluding hydrogens is 606 g/mol. The Labute approximate surface area is 274 Å². The lowest BCUT2D eigenvalue weighted by atomic mass is 10.0. The molecule has 0 bridgehead atoms. The minimum absolute atomic E-state index is 0.0450. The number of hydrogen-bond donors (Lipinski definition) is 8. The minimum Gasteiger partial charge on any atom is -0.370 e. The molecule has 0 aliphatic rings. The summed E-state index contributed by atoms with van der Waals surface area (Å²) in [6.45, 7) is 4.29. The van der Waals surface area contributed by atoms with Crippen LogP contribution in [0.25, 0.3) is 0 Å². The number of H-pyrrole nitrogens is 1. The number of carbonyl (C=O) groups excluding carboxylic acids is 6. The predicted octanol–water partition coefficient (Wildman–Crippen LogP) is -0.899. The van der Waals surface area contributed by atoms with Gasteiger partial charge in [-0.05, 0) is 43.7 Å². The molecule has 5 amide bonds. The van der Waals surface area contributed by atoms with Crippen molar-refractivity contribution in [2.75, 3.05) is 6.54 Å². The van der Waals surface area contributed by atoms with E-state index in [0.29, 0.717) is 44.2 Å². The Morgan fingerprint density at radius 2 is 1.47 bits per heavy atom. The van der Waals surface area contributed by atoms with E-state index >= 15 is 0 Å². The molecule has 15 heteroatoms. The Balaban J connectivity index is 2.31. The van der Waals surface area contributed by atoms with Crippen LogP contribution in [0.1, 0.15) is 63.6 Å². The molecule has 0 saturated carbocycles. The first kappa shape index (κ1) is 38.6. The highest BCUT2D eigenvalue weighted by Crippen LogP contribution is 2.09. The molecule has 0 radical (unpaired) electrons. The molecule has 258 valence electrons. The highest BCUT2D eigenvalue weighted by molar-refractivity contribution is 5.95. The maximum absolute atomic E-state index is 13.8. The van der Waals surface area contributed by atoms with Crippen molar-refractivity contribution in [3.63, 3.8) is 0 Å². The fourth-order valence-electron chi connectivity index (χ4n) is 4.84. The topological polar surface area (TPSA) is 257 Å². The van der Waals surface area contributed by atoms with Crippen LogP contribution in [-0.4, -0.2) is 82.5 Å². The number of aldehydes is 1. The van der Waals surface area contributed by atoms with E-state index in [1.54, 1.807) is 24.3 Å². The summed E-state index contributed by atoms with van der Waals surface area (Å²) in [6.07, 6.45) is 5.29. The van der Waals surface area contributed by atoms with Crippen LogP contribution in [0.15, 0.2) is 42.9 Å². The van der Waals surface area contributed by atoms with E-state index in [-0.39, 0.29) is 31.6 Å². The zero-order chi connectivity index (χ0) is 34.8. The summed E-state index contributed by atoms with van der Waals surface area (Å²) in [5.74, 6) is -3.18. The van der Waals surface area contributed by atoms with E-state index in [1.165, 1.54) is 12.5 Å². The van der Waals surface area contributed by atoms with E-state index in [9.17, 15) is 28.8 Å². The first-order chi connectivity index (χ1) is 22.4. The monoisotopic (exact) mass is 655 g/mol. The molecule has 15 nitrogen and oxygen atoms in total. The number of primary amides is 1. The molecule has 1 aromatic heterocycles. The van der Waals surface area contributed by atoms with Crippen LogP contribution in [0.2, 0.25) is 0 Å². The summed E-state index contributed by atoms with van der Waals surface area (Å²) in [7, 11) is 0. The Hall–Kier alpha value is -4.63. The Morgan fingerprint density at radius 1 is 0.851 bits per heavy atom. The average Bonchev–Trinajstić information content (AvgIpc) is 3.55. The van der Waals surface area contributed by atoms with Crippen LogP contribution in [0.3, 0.4) is 0 Å². The van der Waals surface area contributed by atoms with Gasteiger partial charge in [-0.3, -0.25) is 24.0 Å². The van der Waals surface area contributed by atoms with Gasteiger partial charge in [0.1, 0.15) is 24.4 Å². The number of imidazole rings is 1. The molecule has 47 heavy (non-hydrogen) atoms. The van der Waals surface area contributed by atoms with Crippen molar-refractivity contribution in [1.29, 1.82) is 0 Å². The number of rotatable bonds is 22. The number of nitrogens with zero attached hydrogens (tertiary/aromatic N) is 1. The van der Waals surface area contributed by atoms with Crippen LogP contribution in [0.5, 0.6) is 0 Å². The zero-order valence-electron chi connectivity index (χ0n) is 27.1. The summed E-state index contributed by atoms with van der Waals surface area (Å²) in [5.41, 5.74) is 18.1. The third kappa shape index (κ3) is 14.6. The fraction of sp³-hybridized carbons (Fsp3) is 0.531. The van der Waals surface area contributed by atoms with Gasteiger partial charge in [0.25, 0.3) is 0 Å². The zero-order valence-corrected chi connectivity index (χ0v) is 27.1. The maximum Gasteiger partial charge on any atom is 0.243 e. The smallest absolute Gasteiger partial charge is 0.243 e. The van der Waals surface area contributed by atoms with Crippen molar-refractivity contribution in [2.24, 2.45) is 23.1 Å². The largest absolute Gasteiger partial charge is 0.370 e. The van der Waals surface area contributed by atoms with Crippen molar-refractivity contribution in [3.05, 3.63) is 54.1 Å². The summed E-state index contributed by atoms with van der Waals surface area (Å²) in [5, 5.41) is 10.7. The van der Waals surface area contributed by atoms with Crippen molar-refractivity contribution >= 4 is 35.8 Å². The first-order valence-electron chi connectivity index (χ1n) is 15.8. The highest BCUT2D eigenvalue weighted by Gasteiger charge is 2.32. The number of aromatic nitrogens is 2. The number of hydrogen-bond acceptors (Lipinski definition) is 9. The second-order valence-electron chi connectivity index (χ2n) is 11.9. The van der Waals surface area contributed by atoms with E-state index < -0.39 is 59.7 Å². The summed E-state index contributed by atoms with van der Waals surface area (Å²) >= 11 is 0. The van der Waals surface area contributed by atoms with Gasteiger partial charge in [0.05, 0.1) is 18.4 Å². The molecule has 0 saturated heterocycles. The van der Waals surface area contributed by atoms with Gasteiger partial charge in [-0.2, -0.15) is 0 Å². The molecule has 2 aromatic rings. The second-order valence-corrected chi connectivity index (χ2v) is 11.9. The Morgan fingerprint density at radius 3 is 2.04 bits per heavy atom. The number of aromatic amines is 1. The predicted molar refractivity (Wildman–Crippen MR) is 175 cm³/mol. The lowest BCUT2D eigenvalue weighted by molar-refractivity contribution is -0.134. The third-order valence-electron chi connectivity index (χ3n) is 7.36. The van der Waals surface area contributed by atoms with Crippen molar-refractivity contribution in [1.82, 2.24) is 31.2 Å². The molecule has 0 aliphatic carbocycles. The summed E-state index contributed by atoms with van der Waals surface area (Å²) < 4.78 is 0. The number of nitrogens with one attached hydrogen (secondary N) is 5. The minimum atomic E-state index is -1.24. The molecule has 0 aliphatic heterocycles. The second kappa shape index (κ2) is 20.5. The molecule has 5 unspecified atom stereocenters. The molecule has 11 N–H and O–H groups in total. The lowest BCUT2D eigenvalue weighted by Crippen LogP contribution is -2.59. The number of nitrogens with two attached hydrogens (primary N) is 3. The first-order valence-corrected chi connectivity index (χ1v) is 15.8. The van der Waals surface area contributed by atoms with Crippen LogP contribution < -0.4 is 38.5 Å². The molecular formula is C32H49N9O6. The van der Waals surface area contributed by atoms with E-state index in [2.05, 4.69) is 31.2 Å². The maximum atomic E-state index is 13.8. The molecule has 1 heterocycles. The Kier molecular flexibility index (Phi) is 16.8. The van der Waals surface area contributed by atoms with Gasteiger partial charge >= 0.3 is 0 Å². The SMILES string of the molecule is CC(C)CC(C=O)NC(=O)C(Cc1ccccc1)NC(=O)C(Cc1cnc[nH]1)NC(=O)C(CCC(N)=O)NC(=O)C(N)CCCCN. The van der Waals surface area contributed by atoms with E-state index in [0.717, 1.165) is 5.56 Å². The van der Waals surface area contributed by atoms with Crippen LogP contribution in [0.4, 0.5) is 0 Å². The standard InChI is InChI=1S/C32H49N9O6/c1-20(2)14-23(18-42)38-31(46)26(15-21-8-4-3-5-9-21)40-32(47)27(16-22-17-36-19-37-22)41-30(45)25(11-12-28(35)43)39-29(44)24(34)10-6-7-13-33/h3-5,8-9,17-20,23-27H,6-7,10-16,33-34H2,1-2H3,(H2,35,43)(H,36,37)(H,38,46)(H,39,44)(H,40,47)(H,41,45). The van der Waals surface area contributed by atoms with Crippen molar-refractivity contribution in [2.45, 2.75) is 95.4 Å². The number of benzene rings is 1. The summed E-state index contributed by atoms with van der Waals surface area (Å²) in [4.78, 5) is 83.7. The average molecular weight is 656 g/mol. The van der Waals surface area contributed by atoms with Gasteiger partial charge in [0.15, 0.2) is 0 Å². The van der Waals surface area contributed by atoms with Crippen LogP contribution >= 0.6 is 0 Å². The summed E-state index contributed by atoms with van der Waals surface area (Å²) in [6, 6.07) is 3.76. The lowest BCUT2D eigenvalue weighted by Gasteiger charge is -2.26. The van der Waals surface area contributed by atoms with Gasteiger partial charge < -0.3 is 48.2 Å². The van der Waals surface area contributed by atoms with Gasteiger partial charge in [-0.25, -0.2) is 4.98 Å². The van der Waals surface area contributed by atoms with Crippen molar-refractivity contribution < 1.29 is 28.8 Å². The Bertz CT molecular complexity index is 1290. The number of unbranched alkanes of at least 4 members (excludes halogenated alkanes) is 1. The molecule has 1 aromatic carbocycles. The molecule has 0 fully saturated rings. The van der Waals surface area contributed by atoms with Crippen LogP contribution in [0, 0.1) is 5.92 Å². The van der Waals surface area contributed by atoms with Gasteiger partial charge in [0, 0.05) is 31.2 Å². The third-order valence-corrected chi connectivity index (χ3v) is 7.36. The quantitative estimate of drug-likeness (QED) is 0.0577. The molecule has 2 rings (SSSR count). The van der Waals surface area contributed by atoms with Gasteiger partial charge in [-0.15, -0.1) is 0 Å². The van der Waals surface area contributed by atoms with E-state index in [4.69, 9.17) is 17.2 Å². The molecule has 0 spiro atoms. The fourth-order valence-corrected chi connectivity index (χ4v) is 4.84. The van der Waals surface area contributed by atoms with Gasteiger partial charge in [0.2, 0.25) is 29.5 Å². The van der Waals surface area contributed by atoms with Crippen LogP contribution in [-0.2, 0) is 41.6 Å². The van der Waals surface area contributed by atoms with Crippen molar-refractivity contribution in [3.8, 4) is 0 Å². The number of amides is 5. The van der Waals surface area contributed by atoms with E-state index in [1.807, 2.05) is 19.9 Å². The molecule has 5 atom stereocenters. The van der Waals surface area contributed by atoms with Gasteiger partial charge in [-0.1, -0.05) is 50.6 Å².